The second-order valence-corrected chi connectivity index (χ2v) is 6.56. The number of rotatable bonds is 4. The minimum absolute atomic E-state index is 0.0471. The average Bonchev–Trinajstić information content (AvgIpc) is 2.93. The number of nitro benzene ring substituents is 1. The summed E-state index contributed by atoms with van der Waals surface area (Å²) >= 11 is 0. The van der Waals surface area contributed by atoms with E-state index in [-0.39, 0.29) is 11.3 Å². The minimum atomic E-state index is -4.45. The van der Waals surface area contributed by atoms with Crippen LogP contribution in [0.3, 0.4) is 0 Å². The highest BCUT2D eigenvalue weighted by atomic mass is 19.4. The molecule has 2 aromatic rings. The lowest BCUT2D eigenvalue weighted by atomic mass is 10.1. The van der Waals surface area contributed by atoms with Gasteiger partial charge in [-0.15, -0.1) is 0 Å². The van der Waals surface area contributed by atoms with Crippen LogP contribution in [0.15, 0.2) is 36.5 Å². The molecule has 1 aromatic carbocycles. The average molecular weight is 409 g/mol. The number of hydrogen-bond acceptors (Lipinski definition) is 6. The third-order valence-electron chi connectivity index (χ3n) is 4.69. The molecule has 3 rings (SSSR count). The number of pyridine rings is 1. The van der Waals surface area contributed by atoms with E-state index in [9.17, 15) is 28.1 Å². The van der Waals surface area contributed by atoms with Gasteiger partial charge in [0, 0.05) is 44.0 Å². The summed E-state index contributed by atoms with van der Waals surface area (Å²) in [6.45, 7) is 1.88. The first-order valence-electron chi connectivity index (χ1n) is 8.78. The van der Waals surface area contributed by atoms with Crippen LogP contribution < -0.4 is 15.5 Å². The van der Waals surface area contributed by atoms with Crippen LogP contribution in [0.25, 0.3) is 0 Å². The molecule has 154 valence electrons. The number of nitrogens with two attached hydrogens (primary N) is 1. The highest BCUT2D eigenvalue weighted by Gasteiger charge is 2.31. The lowest BCUT2D eigenvalue weighted by Crippen LogP contribution is -2.31. The van der Waals surface area contributed by atoms with Crippen molar-refractivity contribution in [1.29, 1.82) is 0 Å². The molecule has 1 fully saturated rings. The third-order valence-corrected chi connectivity index (χ3v) is 4.69. The summed E-state index contributed by atoms with van der Waals surface area (Å²) in [5.41, 5.74) is 4.57. The molecule has 1 aliphatic heterocycles. The first-order chi connectivity index (χ1) is 13.7. The van der Waals surface area contributed by atoms with Crippen molar-refractivity contribution in [2.75, 3.05) is 36.0 Å². The minimum Gasteiger partial charge on any atom is -0.366 e. The van der Waals surface area contributed by atoms with Crippen molar-refractivity contribution in [3.8, 4) is 0 Å². The molecular weight excluding hydrogens is 391 g/mol. The fourth-order valence-corrected chi connectivity index (χ4v) is 3.22. The number of benzene rings is 1. The summed E-state index contributed by atoms with van der Waals surface area (Å²) in [7, 11) is 0. The Morgan fingerprint density at radius 2 is 1.79 bits per heavy atom. The number of carbonyl (C=O) groups is 1. The highest BCUT2D eigenvalue weighted by molar-refractivity contribution is 5.94. The number of nitro groups is 1. The number of aromatic nitrogens is 1. The van der Waals surface area contributed by atoms with Gasteiger partial charge in [0.2, 0.25) is 5.91 Å². The lowest BCUT2D eigenvalue weighted by molar-refractivity contribution is -0.384. The van der Waals surface area contributed by atoms with Gasteiger partial charge in [0.1, 0.15) is 11.5 Å². The molecule has 1 aliphatic rings. The van der Waals surface area contributed by atoms with E-state index in [1.165, 1.54) is 18.2 Å². The molecule has 0 unspecified atom stereocenters. The van der Waals surface area contributed by atoms with Crippen LogP contribution >= 0.6 is 0 Å². The number of nitrogens with zero attached hydrogens (tertiary/aromatic N) is 4. The molecule has 0 saturated carbocycles. The van der Waals surface area contributed by atoms with E-state index in [0.717, 1.165) is 18.3 Å². The highest BCUT2D eigenvalue weighted by Crippen LogP contribution is 2.31. The van der Waals surface area contributed by atoms with Crippen molar-refractivity contribution in [2.24, 2.45) is 5.73 Å². The molecule has 1 aromatic heterocycles. The molecule has 0 aliphatic carbocycles. The van der Waals surface area contributed by atoms with E-state index < -0.39 is 22.6 Å². The Kier molecular flexibility index (Phi) is 5.57. The maximum Gasteiger partial charge on any atom is 0.417 e. The number of anilines is 2. The van der Waals surface area contributed by atoms with Crippen LogP contribution in [0.4, 0.5) is 30.4 Å². The van der Waals surface area contributed by atoms with Crippen molar-refractivity contribution in [1.82, 2.24) is 4.98 Å². The number of alkyl halides is 3. The van der Waals surface area contributed by atoms with Gasteiger partial charge in [-0.05, 0) is 30.7 Å². The van der Waals surface area contributed by atoms with E-state index in [2.05, 4.69) is 4.98 Å². The predicted molar refractivity (Wildman–Crippen MR) is 99.9 cm³/mol. The molecule has 1 saturated heterocycles. The third kappa shape index (κ3) is 4.55. The normalized spacial score (nSPS) is 15.1. The molecule has 0 spiro atoms. The number of hydrogen-bond donors (Lipinski definition) is 1. The van der Waals surface area contributed by atoms with Crippen LogP contribution in [0, 0.1) is 10.1 Å². The molecule has 2 heterocycles. The Labute approximate surface area is 163 Å². The SMILES string of the molecule is NC(=O)c1ccc(N2CCCN(c3ccc(C(F)(F)F)cn3)CC2)c([N+](=O)[O-])c1. The quantitative estimate of drug-likeness (QED) is 0.615. The van der Waals surface area contributed by atoms with E-state index in [0.29, 0.717) is 44.1 Å². The summed E-state index contributed by atoms with van der Waals surface area (Å²) in [5.74, 6) is -0.339. The summed E-state index contributed by atoms with van der Waals surface area (Å²) in [4.78, 5) is 29.7. The molecule has 0 atom stereocenters. The van der Waals surface area contributed by atoms with Crippen LogP contribution in [0.5, 0.6) is 0 Å². The van der Waals surface area contributed by atoms with Crippen LogP contribution in [-0.4, -0.2) is 42.0 Å². The first-order valence-corrected chi connectivity index (χ1v) is 8.78. The lowest BCUT2D eigenvalue weighted by Gasteiger charge is -2.24. The van der Waals surface area contributed by atoms with Crippen molar-refractivity contribution in [2.45, 2.75) is 12.6 Å². The maximum atomic E-state index is 12.7. The largest absolute Gasteiger partial charge is 0.417 e. The van der Waals surface area contributed by atoms with Crippen LogP contribution in [0.2, 0.25) is 0 Å². The second-order valence-electron chi connectivity index (χ2n) is 6.56. The fraction of sp³-hybridized carbons (Fsp3) is 0.333. The fourth-order valence-electron chi connectivity index (χ4n) is 3.22. The van der Waals surface area contributed by atoms with Gasteiger partial charge in [0.25, 0.3) is 5.69 Å². The Morgan fingerprint density at radius 1 is 1.10 bits per heavy atom. The van der Waals surface area contributed by atoms with Gasteiger partial charge in [0.05, 0.1) is 10.5 Å². The second kappa shape index (κ2) is 7.94. The molecule has 2 N–H and O–H groups in total. The van der Waals surface area contributed by atoms with E-state index >= 15 is 0 Å². The standard InChI is InChI=1S/C18H18F3N5O3/c19-18(20,21)13-3-5-16(23-11-13)25-7-1-6-24(8-9-25)14-4-2-12(17(22)27)10-15(14)26(28)29/h2-5,10-11H,1,6-9H2,(H2,22,27). The predicted octanol–water partition coefficient (Wildman–Crippen LogP) is 2.82. The van der Waals surface area contributed by atoms with Gasteiger partial charge < -0.3 is 15.5 Å². The number of halogens is 3. The maximum absolute atomic E-state index is 12.7. The Balaban J connectivity index is 1.78. The molecule has 8 nitrogen and oxygen atoms in total. The number of primary amides is 1. The van der Waals surface area contributed by atoms with Crippen LogP contribution in [0.1, 0.15) is 22.3 Å². The van der Waals surface area contributed by atoms with E-state index in [1.807, 2.05) is 9.80 Å². The van der Waals surface area contributed by atoms with Gasteiger partial charge in [-0.25, -0.2) is 4.98 Å². The van der Waals surface area contributed by atoms with Gasteiger partial charge in [-0.2, -0.15) is 13.2 Å². The van der Waals surface area contributed by atoms with Crippen molar-refractivity contribution < 1.29 is 22.9 Å². The molecule has 0 bridgehead atoms. The Bertz CT molecular complexity index is 918. The van der Waals surface area contributed by atoms with Gasteiger partial charge in [0.15, 0.2) is 0 Å². The summed E-state index contributed by atoms with van der Waals surface area (Å²) < 4.78 is 38.1. The zero-order chi connectivity index (χ0) is 21.2. The first kappa shape index (κ1) is 20.4. The van der Waals surface area contributed by atoms with Crippen molar-refractivity contribution in [3.05, 3.63) is 57.8 Å². The zero-order valence-electron chi connectivity index (χ0n) is 15.2. The molecule has 11 heteroatoms. The summed E-state index contributed by atoms with van der Waals surface area (Å²) in [6, 6.07) is 6.38. The summed E-state index contributed by atoms with van der Waals surface area (Å²) in [6.07, 6.45) is -3.03. The smallest absolute Gasteiger partial charge is 0.366 e. The van der Waals surface area contributed by atoms with Gasteiger partial charge in [-0.3, -0.25) is 14.9 Å². The van der Waals surface area contributed by atoms with Crippen molar-refractivity contribution in [3.63, 3.8) is 0 Å². The zero-order valence-corrected chi connectivity index (χ0v) is 15.2. The molecular formula is C18H18F3N5O3. The van der Waals surface area contributed by atoms with Gasteiger partial charge in [-0.1, -0.05) is 0 Å². The number of carbonyl (C=O) groups excluding carboxylic acids is 1. The molecule has 29 heavy (non-hydrogen) atoms. The Morgan fingerprint density at radius 3 is 2.38 bits per heavy atom. The van der Waals surface area contributed by atoms with E-state index in [1.54, 1.807) is 0 Å². The molecule has 1 amide bonds. The Hall–Kier alpha value is -3.37. The van der Waals surface area contributed by atoms with Crippen molar-refractivity contribution >= 4 is 23.1 Å². The van der Waals surface area contributed by atoms with E-state index in [4.69, 9.17) is 5.73 Å². The topological polar surface area (TPSA) is 106 Å². The molecule has 0 radical (unpaired) electrons. The van der Waals surface area contributed by atoms with Gasteiger partial charge >= 0.3 is 6.18 Å². The number of amides is 1. The monoisotopic (exact) mass is 409 g/mol. The summed E-state index contributed by atoms with van der Waals surface area (Å²) in [5, 5.41) is 11.4. The van der Waals surface area contributed by atoms with Crippen LogP contribution in [-0.2, 0) is 6.18 Å².